The standard InChI is InChI=1S/C18H23N3O3S/c1-18(2,3)12-7-4-5-8-13(12)24-11-15(22)19-17-21-20-16(25-17)14-9-6-10-23-14/h4-5,7-8,14H,6,9-11H2,1-3H3,(H,19,21,22). The van der Waals surface area contributed by atoms with Crippen LogP contribution in [-0.4, -0.2) is 29.3 Å². The molecule has 1 fully saturated rings. The van der Waals surface area contributed by atoms with E-state index in [0.717, 1.165) is 35.8 Å². The molecule has 0 radical (unpaired) electrons. The normalized spacial score (nSPS) is 17.5. The topological polar surface area (TPSA) is 73.3 Å². The molecule has 1 aliphatic heterocycles. The SMILES string of the molecule is CC(C)(C)c1ccccc1OCC(=O)Nc1nnc(C2CCCO2)s1. The van der Waals surface area contributed by atoms with Crippen molar-refractivity contribution in [3.8, 4) is 5.75 Å². The summed E-state index contributed by atoms with van der Waals surface area (Å²) in [6.07, 6.45) is 2.00. The summed E-state index contributed by atoms with van der Waals surface area (Å²) in [5.41, 5.74) is 1.02. The second-order valence-corrected chi connectivity index (χ2v) is 8.04. The number of nitrogens with zero attached hydrogens (tertiary/aromatic N) is 2. The smallest absolute Gasteiger partial charge is 0.264 e. The van der Waals surface area contributed by atoms with Crippen molar-refractivity contribution in [1.29, 1.82) is 0 Å². The third-order valence-electron chi connectivity index (χ3n) is 3.95. The van der Waals surface area contributed by atoms with Gasteiger partial charge in [0, 0.05) is 6.61 Å². The number of para-hydroxylation sites is 1. The average molecular weight is 361 g/mol. The van der Waals surface area contributed by atoms with Crippen LogP contribution >= 0.6 is 11.3 Å². The Morgan fingerprint density at radius 3 is 2.88 bits per heavy atom. The lowest BCUT2D eigenvalue weighted by Crippen LogP contribution is -2.21. The van der Waals surface area contributed by atoms with Crippen molar-refractivity contribution in [1.82, 2.24) is 10.2 Å². The van der Waals surface area contributed by atoms with E-state index in [2.05, 4.69) is 36.3 Å². The molecule has 7 heteroatoms. The fraction of sp³-hybridized carbons (Fsp3) is 0.500. The van der Waals surface area contributed by atoms with Gasteiger partial charge in [-0.05, 0) is 29.9 Å². The lowest BCUT2D eigenvalue weighted by atomic mass is 9.86. The molecular formula is C18H23N3O3S. The molecule has 1 aliphatic rings. The quantitative estimate of drug-likeness (QED) is 0.879. The fourth-order valence-corrected chi connectivity index (χ4v) is 3.54. The van der Waals surface area contributed by atoms with Crippen molar-refractivity contribution in [2.75, 3.05) is 18.5 Å². The van der Waals surface area contributed by atoms with Gasteiger partial charge in [-0.3, -0.25) is 10.1 Å². The van der Waals surface area contributed by atoms with Gasteiger partial charge < -0.3 is 9.47 Å². The maximum atomic E-state index is 12.1. The number of amides is 1. The summed E-state index contributed by atoms with van der Waals surface area (Å²) in [7, 11) is 0. The highest BCUT2D eigenvalue weighted by Gasteiger charge is 2.23. The first-order valence-corrected chi connectivity index (χ1v) is 9.22. The summed E-state index contributed by atoms with van der Waals surface area (Å²) >= 11 is 1.35. The van der Waals surface area contributed by atoms with Gasteiger partial charge in [0.15, 0.2) is 6.61 Å². The van der Waals surface area contributed by atoms with Gasteiger partial charge in [0.25, 0.3) is 5.91 Å². The fourth-order valence-electron chi connectivity index (χ4n) is 2.70. The molecule has 1 N–H and O–H groups in total. The van der Waals surface area contributed by atoms with Gasteiger partial charge in [0.2, 0.25) is 5.13 Å². The molecule has 0 spiro atoms. The van der Waals surface area contributed by atoms with Gasteiger partial charge >= 0.3 is 0 Å². The molecule has 0 saturated carbocycles. The van der Waals surface area contributed by atoms with E-state index in [1.165, 1.54) is 11.3 Å². The zero-order chi connectivity index (χ0) is 17.9. The molecule has 1 aromatic heterocycles. The number of hydrogen-bond acceptors (Lipinski definition) is 6. The number of ether oxygens (including phenoxy) is 2. The third kappa shape index (κ3) is 4.55. The van der Waals surface area contributed by atoms with E-state index in [1.807, 2.05) is 24.3 Å². The van der Waals surface area contributed by atoms with Crippen LogP contribution in [0.25, 0.3) is 0 Å². The maximum absolute atomic E-state index is 12.1. The minimum Gasteiger partial charge on any atom is -0.483 e. The van der Waals surface area contributed by atoms with Crippen molar-refractivity contribution in [2.24, 2.45) is 0 Å². The zero-order valence-corrected chi connectivity index (χ0v) is 15.6. The minimum atomic E-state index is -0.251. The molecular weight excluding hydrogens is 338 g/mol. The summed E-state index contributed by atoms with van der Waals surface area (Å²) in [6.45, 7) is 7.03. The third-order valence-corrected chi connectivity index (χ3v) is 4.88. The number of aromatic nitrogens is 2. The van der Waals surface area contributed by atoms with Crippen LogP contribution in [0.2, 0.25) is 0 Å². The number of nitrogens with one attached hydrogen (secondary N) is 1. The van der Waals surface area contributed by atoms with Crippen LogP contribution in [0.3, 0.4) is 0 Å². The molecule has 1 atom stereocenters. The van der Waals surface area contributed by atoms with E-state index in [1.54, 1.807) is 0 Å². The lowest BCUT2D eigenvalue weighted by molar-refractivity contribution is -0.118. The zero-order valence-electron chi connectivity index (χ0n) is 14.7. The molecule has 1 aromatic carbocycles. The molecule has 1 unspecified atom stereocenters. The number of benzene rings is 1. The number of anilines is 1. The Morgan fingerprint density at radius 1 is 1.36 bits per heavy atom. The molecule has 3 rings (SSSR count). The monoisotopic (exact) mass is 361 g/mol. The van der Waals surface area contributed by atoms with Gasteiger partial charge in [-0.1, -0.05) is 50.3 Å². The largest absolute Gasteiger partial charge is 0.483 e. The van der Waals surface area contributed by atoms with Crippen LogP contribution < -0.4 is 10.1 Å². The molecule has 2 heterocycles. The summed E-state index contributed by atoms with van der Waals surface area (Å²) in [6, 6.07) is 7.78. The Morgan fingerprint density at radius 2 is 2.16 bits per heavy atom. The maximum Gasteiger partial charge on any atom is 0.264 e. The van der Waals surface area contributed by atoms with E-state index in [9.17, 15) is 4.79 Å². The van der Waals surface area contributed by atoms with Crippen molar-refractivity contribution < 1.29 is 14.3 Å². The Bertz CT molecular complexity index is 733. The summed E-state index contributed by atoms with van der Waals surface area (Å²) in [4.78, 5) is 12.1. The predicted octanol–water partition coefficient (Wildman–Crippen LogP) is 3.70. The van der Waals surface area contributed by atoms with Gasteiger partial charge in [-0.15, -0.1) is 10.2 Å². The lowest BCUT2D eigenvalue weighted by Gasteiger charge is -2.22. The first kappa shape index (κ1) is 17.8. The molecule has 2 aromatic rings. The first-order valence-electron chi connectivity index (χ1n) is 8.40. The second kappa shape index (κ2) is 7.49. The van der Waals surface area contributed by atoms with E-state index in [4.69, 9.17) is 9.47 Å². The molecule has 1 amide bonds. The van der Waals surface area contributed by atoms with Crippen LogP contribution in [0.1, 0.15) is 50.3 Å². The van der Waals surface area contributed by atoms with E-state index >= 15 is 0 Å². The van der Waals surface area contributed by atoms with Gasteiger partial charge in [-0.2, -0.15) is 0 Å². The van der Waals surface area contributed by atoms with Crippen LogP contribution in [-0.2, 0) is 14.9 Å². The highest BCUT2D eigenvalue weighted by atomic mass is 32.1. The van der Waals surface area contributed by atoms with Crippen LogP contribution in [0, 0.1) is 0 Å². The van der Waals surface area contributed by atoms with Crippen molar-refractivity contribution in [3.63, 3.8) is 0 Å². The Hall–Kier alpha value is -1.99. The molecule has 0 bridgehead atoms. The van der Waals surface area contributed by atoms with Crippen LogP contribution in [0.15, 0.2) is 24.3 Å². The predicted molar refractivity (Wildman–Crippen MR) is 97.1 cm³/mol. The summed E-state index contributed by atoms with van der Waals surface area (Å²) in [5.74, 6) is 0.473. The second-order valence-electron chi connectivity index (χ2n) is 7.03. The van der Waals surface area contributed by atoms with Crippen molar-refractivity contribution >= 4 is 22.4 Å². The average Bonchev–Trinajstić information content (AvgIpc) is 3.23. The number of carbonyl (C=O) groups excluding carboxylic acids is 1. The van der Waals surface area contributed by atoms with Gasteiger partial charge in [0.05, 0.1) is 0 Å². The Balaban J connectivity index is 1.57. The van der Waals surface area contributed by atoms with E-state index in [0.29, 0.717) is 5.13 Å². The van der Waals surface area contributed by atoms with Crippen LogP contribution in [0.5, 0.6) is 5.75 Å². The molecule has 0 aliphatic carbocycles. The molecule has 6 nitrogen and oxygen atoms in total. The first-order chi connectivity index (χ1) is 11.9. The highest BCUT2D eigenvalue weighted by Crippen LogP contribution is 2.32. The molecule has 25 heavy (non-hydrogen) atoms. The summed E-state index contributed by atoms with van der Waals surface area (Å²) < 4.78 is 11.3. The van der Waals surface area contributed by atoms with Crippen LogP contribution in [0.4, 0.5) is 5.13 Å². The van der Waals surface area contributed by atoms with Crippen molar-refractivity contribution in [2.45, 2.75) is 45.1 Å². The molecule has 1 saturated heterocycles. The van der Waals surface area contributed by atoms with Gasteiger partial charge in [-0.25, -0.2) is 0 Å². The minimum absolute atomic E-state index is 0.0121. The summed E-state index contributed by atoms with van der Waals surface area (Å²) in [5, 5.41) is 12.1. The molecule has 134 valence electrons. The number of hydrogen-bond donors (Lipinski definition) is 1. The number of rotatable bonds is 5. The van der Waals surface area contributed by atoms with E-state index < -0.39 is 0 Å². The Kier molecular flexibility index (Phi) is 5.34. The van der Waals surface area contributed by atoms with Crippen molar-refractivity contribution in [3.05, 3.63) is 34.8 Å². The Labute approximate surface area is 151 Å². The number of carbonyl (C=O) groups is 1. The highest BCUT2D eigenvalue weighted by molar-refractivity contribution is 7.15. The van der Waals surface area contributed by atoms with Gasteiger partial charge in [0.1, 0.15) is 16.9 Å². The van der Waals surface area contributed by atoms with E-state index in [-0.39, 0.29) is 24.0 Å².